The van der Waals surface area contributed by atoms with Gasteiger partial charge in [-0.1, -0.05) is 32.1 Å². The summed E-state index contributed by atoms with van der Waals surface area (Å²) in [6, 6.07) is 7.90. The van der Waals surface area contributed by atoms with Crippen molar-refractivity contribution < 1.29 is 9.59 Å². The number of hydrogen-bond acceptors (Lipinski definition) is 6. The SMILES string of the molecule is CSc1ccc2ncn([C@@H](CC3CCCCC3)C(=O)Nc3ccc(C(N)=O)cn3)c(=O)c2c1. The lowest BCUT2D eigenvalue weighted by Crippen LogP contribution is -2.35. The number of benzene rings is 1. The first kappa shape index (κ1) is 23.0. The monoisotopic (exact) mass is 465 g/mol. The predicted octanol–water partition coefficient (Wildman–Crippen LogP) is 3.76. The number of amides is 2. The highest BCUT2D eigenvalue weighted by atomic mass is 32.2. The molecule has 3 aromatic rings. The Kier molecular flexibility index (Phi) is 7.08. The Morgan fingerprint density at radius 1 is 1.18 bits per heavy atom. The normalized spacial score (nSPS) is 15.3. The summed E-state index contributed by atoms with van der Waals surface area (Å²) in [5, 5.41) is 3.30. The highest BCUT2D eigenvalue weighted by molar-refractivity contribution is 7.98. The van der Waals surface area contributed by atoms with Gasteiger partial charge in [0, 0.05) is 11.1 Å². The van der Waals surface area contributed by atoms with Crippen LogP contribution < -0.4 is 16.6 Å². The molecule has 1 fully saturated rings. The Hall–Kier alpha value is -3.20. The Balaban J connectivity index is 1.68. The van der Waals surface area contributed by atoms with Gasteiger partial charge in [0.25, 0.3) is 5.56 Å². The van der Waals surface area contributed by atoms with Gasteiger partial charge in [0.1, 0.15) is 11.9 Å². The van der Waals surface area contributed by atoms with Gasteiger partial charge in [0.15, 0.2) is 0 Å². The number of anilines is 1. The number of nitrogens with two attached hydrogens (primary N) is 1. The molecule has 0 spiro atoms. The molecular weight excluding hydrogens is 438 g/mol. The van der Waals surface area contributed by atoms with Gasteiger partial charge in [0.2, 0.25) is 11.8 Å². The summed E-state index contributed by atoms with van der Waals surface area (Å²) in [5.41, 5.74) is 5.89. The minimum atomic E-state index is -0.715. The van der Waals surface area contributed by atoms with Gasteiger partial charge in [-0.15, -0.1) is 11.8 Å². The first-order valence-electron chi connectivity index (χ1n) is 11.1. The Morgan fingerprint density at radius 2 is 1.97 bits per heavy atom. The summed E-state index contributed by atoms with van der Waals surface area (Å²) in [5.74, 6) is -0.261. The third kappa shape index (κ3) is 5.24. The Labute approximate surface area is 196 Å². The van der Waals surface area contributed by atoms with Gasteiger partial charge in [-0.3, -0.25) is 19.0 Å². The molecule has 3 N–H and O–H groups in total. The average Bonchev–Trinajstić information content (AvgIpc) is 2.84. The van der Waals surface area contributed by atoms with Crippen molar-refractivity contribution in [1.82, 2.24) is 14.5 Å². The van der Waals surface area contributed by atoms with E-state index >= 15 is 0 Å². The van der Waals surface area contributed by atoms with E-state index in [9.17, 15) is 14.4 Å². The summed E-state index contributed by atoms with van der Waals surface area (Å²) >= 11 is 1.55. The van der Waals surface area contributed by atoms with Crippen LogP contribution in [0.2, 0.25) is 0 Å². The van der Waals surface area contributed by atoms with Crippen molar-refractivity contribution in [3.8, 4) is 0 Å². The molecule has 2 heterocycles. The van der Waals surface area contributed by atoms with Gasteiger partial charge in [-0.2, -0.15) is 0 Å². The van der Waals surface area contributed by atoms with Crippen LogP contribution in [0, 0.1) is 5.92 Å². The van der Waals surface area contributed by atoms with Gasteiger partial charge in [-0.25, -0.2) is 9.97 Å². The standard InChI is InChI=1S/C24H27N5O3S/c1-33-17-8-9-19-18(12-17)24(32)29(14-27-19)20(11-15-5-3-2-4-6-15)23(31)28-21-10-7-16(13-26-21)22(25)30/h7-10,12-15,20H,2-6,11H2,1H3,(H2,25,30)(H,26,28,31)/t20-/m0/s1. The van der Waals surface area contributed by atoms with Crippen LogP contribution in [-0.2, 0) is 4.79 Å². The van der Waals surface area contributed by atoms with E-state index in [0.717, 1.165) is 30.6 Å². The number of nitrogens with one attached hydrogen (secondary N) is 1. The van der Waals surface area contributed by atoms with Crippen molar-refractivity contribution in [2.75, 3.05) is 11.6 Å². The number of primary amides is 1. The van der Waals surface area contributed by atoms with Crippen molar-refractivity contribution >= 4 is 40.3 Å². The fraction of sp³-hybridized carbons (Fsp3) is 0.375. The molecule has 1 saturated carbocycles. The molecule has 9 heteroatoms. The zero-order valence-corrected chi connectivity index (χ0v) is 19.3. The zero-order chi connectivity index (χ0) is 23.4. The quantitative estimate of drug-likeness (QED) is 0.513. The second-order valence-electron chi connectivity index (χ2n) is 8.38. The largest absolute Gasteiger partial charge is 0.366 e. The molecule has 0 saturated heterocycles. The third-order valence-electron chi connectivity index (χ3n) is 6.21. The maximum atomic E-state index is 13.4. The molecule has 1 aliphatic rings. The van der Waals surface area contributed by atoms with Crippen LogP contribution >= 0.6 is 11.8 Å². The second kappa shape index (κ2) is 10.2. The fourth-order valence-corrected chi connectivity index (χ4v) is 4.81. The molecule has 1 atom stereocenters. The second-order valence-corrected chi connectivity index (χ2v) is 9.26. The van der Waals surface area contributed by atoms with Crippen molar-refractivity contribution in [2.45, 2.75) is 49.5 Å². The maximum absolute atomic E-state index is 13.4. The summed E-state index contributed by atoms with van der Waals surface area (Å²) in [6.07, 6.45) is 10.9. The zero-order valence-electron chi connectivity index (χ0n) is 18.5. The minimum Gasteiger partial charge on any atom is -0.366 e. The molecule has 0 bridgehead atoms. The first-order chi connectivity index (χ1) is 16.0. The number of nitrogens with zero attached hydrogens (tertiary/aromatic N) is 3. The van der Waals surface area contributed by atoms with Gasteiger partial charge >= 0.3 is 0 Å². The van der Waals surface area contributed by atoms with Crippen LogP contribution in [-0.4, -0.2) is 32.6 Å². The number of aromatic nitrogens is 3. The van der Waals surface area contributed by atoms with Crippen LogP contribution in [0.3, 0.4) is 0 Å². The number of fused-ring (bicyclic) bond motifs is 1. The number of hydrogen-bond donors (Lipinski definition) is 2. The Bertz CT molecular complexity index is 1220. The van der Waals surface area contributed by atoms with E-state index in [2.05, 4.69) is 15.3 Å². The number of pyridine rings is 1. The highest BCUT2D eigenvalue weighted by Crippen LogP contribution is 2.31. The lowest BCUT2D eigenvalue weighted by molar-refractivity contribution is -0.120. The smallest absolute Gasteiger partial charge is 0.261 e. The predicted molar refractivity (Wildman–Crippen MR) is 129 cm³/mol. The maximum Gasteiger partial charge on any atom is 0.261 e. The molecule has 0 unspecified atom stereocenters. The van der Waals surface area contributed by atoms with E-state index in [1.165, 1.54) is 35.6 Å². The molecule has 1 aliphatic carbocycles. The number of carbonyl (C=O) groups excluding carboxylic acids is 2. The molecule has 2 amide bonds. The van der Waals surface area contributed by atoms with Gasteiger partial charge in [-0.05, 0) is 48.9 Å². The lowest BCUT2D eigenvalue weighted by Gasteiger charge is -2.27. The summed E-state index contributed by atoms with van der Waals surface area (Å²) in [7, 11) is 0. The highest BCUT2D eigenvalue weighted by Gasteiger charge is 2.28. The van der Waals surface area contributed by atoms with Crippen LogP contribution in [0.25, 0.3) is 10.9 Å². The van der Waals surface area contributed by atoms with Crippen molar-refractivity contribution in [3.63, 3.8) is 0 Å². The van der Waals surface area contributed by atoms with Crippen LogP contribution in [0.5, 0.6) is 0 Å². The van der Waals surface area contributed by atoms with E-state index in [0.29, 0.717) is 29.1 Å². The van der Waals surface area contributed by atoms with Gasteiger partial charge in [0.05, 0.1) is 22.8 Å². The van der Waals surface area contributed by atoms with Crippen molar-refractivity contribution in [3.05, 3.63) is 58.8 Å². The molecule has 1 aromatic carbocycles. The summed E-state index contributed by atoms with van der Waals surface area (Å²) in [6.45, 7) is 0. The van der Waals surface area contributed by atoms with Crippen LogP contribution in [0.15, 0.2) is 52.5 Å². The van der Waals surface area contributed by atoms with Gasteiger partial charge < -0.3 is 11.1 Å². The number of carbonyl (C=O) groups is 2. The summed E-state index contributed by atoms with van der Waals surface area (Å²) in [4.78, 5) is 47.6. The molecule has 8 nitrogen and oxygen atoms in total. The lowest BCUT2D eigenvalue weighted by atomic mass is 9.84. The van der Waals surface area contributed by atoms with Crippen LogP contribution in [0.1, 0.15) is 54.9 Å². The third-order valence-corrected chi connectivity index (χ3v) is 6.93. The average molecular weight is 466 g/mol. The molecule has 33 heavy (non-hydrogen) atoms. The molecular formula is C24H27N5O3S. The minimum absolute atomic E-state index is 0.233. The van der Waals surface area contributed by atoms with E-state index in [-0.39, 0.29) is 17.0 Å². The van der Waals surface area contributed by atoms with Crippen molar-refractivity contribution in [2.24, 2.45) is 11.7 Å². The van der Waals surface area contributed by atoms with E-state index in [1.54, 1.807) is 11.8 Å². The molecule has 4 rings (SSSR count). The molecule has 172 valence electrons. The molecule has 0 radical (unpaired) electrons. The molecule has 0 aliphatic heterocycles. The molecule has 2 aromatic heterocycles. The number of rotatable bonds is 7. The topological polar surface area (TPSA) is 120 Å². The van der Waals surface area contributed by atoms with E-state index in [1.807, 2.05) is 24.5 Å². The van der Waals surface area contributed by atoms with Crippen molar-refractivity contribution in [1.29, 1.82) is 0 Å². The first-order valence-corrected chi connectivity index (χ1v) is 12.3. The fourth-order valence-electron chi connectivity index (χ4n) is 4.37. The Morgan fingerprint density at radius 3 is 2.64 bits per heavy atom. The summed E-state index contributed by atoms with van der Waals surface area (Å²) < 4.78 is 1.45. The van der Waals surface area contributed by atoms with E-state index in [4.69, 9.17) is 5.73 Å². The number of thioether (sulfide) groups is 1. The van der Waals surface area contributed by atoms with Crippen LogP contribution in [0.4, 0.5) is 5.82 Å². The van der Waals surface area contributed by atoms with E-state index < -0.39 is 11.9 Å².